The van der Waals surface area contributed by atoms with Gasteiger partial charge in [0.1, 0.15) is 0 Å². The predicted octanol–water partition coefficient (Wildman–Crippen LogP) is 2.94. The van der Waals surface area contributed by atoms with Gasteiger partial charge in [0.05, 0.1) is 18.1 Å². The van der Waals surface area contributed by atoms with Crippen molar-refractivity contribution in [3.8, 4) is 0 Å². The van der Waals surface area contributed by atoms with E-state index in [1.807, 2.05) is 54.6 Å². The monoisotopic (exact) mass is 340 g/mol. The predicted molar refractivity (Wildman–Crippen MR) is 96.9 cm³/mol. The molecule has 0 radical (unpaired) electrons. The van der Waals surface area contributed by atoms with Crippen LogP contribution in [-0.2, 0) is 9.53 Å². The van der Waals surface area contributed by atoms with Crippen molar-refractivity contribution in [2.24, 2.45) is 0 Å². The highest BCUT2D eigenvalue weighted by Crippen LogP contribution is 2.28. The van der Waals surface area contributed by atoms with E-state index in [-0.39, 0.29) is 12.2 Å². The standard InChI is InChI=1S/C20H24N2O3/c1-14-12-22(13-15(2)25-14)18-10-8-17(9-11-18)19(20(23)21-24)16-6-4-3-5-7-16/h3-11,14-15,19,24H,12-13H2,1-2H3,(H,21,23). The van der Waals surface area contributed by atoms with Crippen molar-refractivity contribution >= 4 is 11.6 Å². The van der Waals surface area contributed by atoms with Crippen LogP contribution in [0.5, 0.6) is 0 Å². The number of hydrogen-bond donors (Lipinski definition) is 2. The zero-order valence-electron chi connectivity index (χ0n) is 14.6. The second-order valence-corrected chi connectivity index (χ2v) is 6.57. The van der Waals surface area contributed by atoms with Gasteiger partial charge in [-0.2, -0.15) is 0 Å². The lowest BCUT2D eigenvalue weighted by Gasteiger charge is -2.37. The van der Waals surface area contributed by atoms with Crippen molar-refractivity contribution in [2.45, 2.75) is 32.0 Å². The second kappa shape index (κ2) is 7.68. The van der Waals surface area contributed by atoms with E-state index in [0.717, 1.165) is 29.9 Å². The first kappa shape index (κ1) is 17.5. The molecule has 3 atom stereocenters. The van der Waals surface area contributed by atoms with Crippen molar-refractivity contribution in [3.05, 3.63) is 65.7 Å². The summed E-state index contributed by atoms with van der Waals surface area (Å²) in [5.74, 6) is -0.977. The summed E-state index contributed by atoms with van der Waals surface area (Å²) in [6, 6.07) is 17.4. The minimum atomic E-state index is -0.539. The highest BCUT2D eigenvalue weighted by Gasteiger charge is 2.24. The summed E-state index contributed by atoms with van der Waals surface area (Å²) >= 11 is 0. The molecular formula is C20H24N2O3. The van der Waals surface area contributed by atoms with Gasteiger partial charge in [-0.05, 0) is 37.1 Å². The first-order valence-electron chi connectivity index (χ1n) is 8.57. The lowest BCUT2D eigenvalue weighted by Crippen LogP contribution is -2.45. The molecule has 2 aromatic carbocycles. The van der Waals surface area contributed by atoms with Crippen LogP contribution in [0.25, 0.3) is 0 Å². The fourth-order valence-corrected chi connectivity index (χ4v) is 3.47. The van der Waals surface area contributed by atoms with E-state index < -0.39 is 11.8 Å². The van der Waals surface area contributed by atoms with Gasteiger partial charge in [0.15, 0.2) is 0 Å². The Morgan fingerprint density at radius 2 is 1.60 bits per heavy atom. The van der Waals surface area contributed by atoms with E-state index in [4.69, 9.17) is 9.94 Å². The molecule has 132 valence electrons. The fraction of sp³-hybridized carbons (Fsp3) is 0.350. The maximum atomic E-state index is 12.2. The molecule has 1 aliphatic heterocycles. The molecule has 3 unspecified atom stereocenters. The Labute approximate surface area is 148 Å². The summed E-state index contributed by atoms with van der Waals surface area (Å²) in [5, 5.41) is 9.12. The number of morpholine rings is 1. The second-order valence-electron chi connectivity index (χ2n) is 6.57. The Bertz CT molecular complexity index is 693. The van der Waals surface area contributed by atoms with Crippen LogP contribution in [0.1, 0.15) is 30.9 Å². The highest BCUT2D eigenvalue weighted by molar-refractivity contribution is 5.86. The van der Waals surface area contributed by atoms with E-state index >= 15 is 0 Å². The molecule has 2 N–H and O–H groups in total. The van der Waals surface area contributed by atoms with Crippen LogP contribution in [-0.4, -0.2) is 36.4 Å². The molecular weight excluding hydrogens is 316 g/mol. The minimum absolute atomic E-state index is 0.195. The van der Waals surface area contributed by atoms with Crippen LogP contribution < -0.4 is 10.4 Å². The van der Waals surface area contributed by atoms with E-state index in [2.05, 4.69) is 18.7 Å². The average molecular weight is 340 g/mol. The highest BCUT2D eigenvalue weighted by atomic mass is 16.5. The maximum absolute atomic E-state index is 12.2. The number of carbonyl (C=O) groups excluding carboxylic acids is 1. The van der Waals surface area contributed by atoms with Crippen molar-refractivity contribution in [1.82, 2.24) is 5.48 Å². The fourth-order valence-electron chi connectivity index (χ4n) is 3.47. The largest absolute Gasteiger partial charge is 0.372 e. The summed E-state index contributed by atoms with van der Waals surface area (Å²) in [6.07, 6.45) is 0.390. The van der Waals surface area contributed by atoms with Crippen LogP contribution in [0, 0.1) is 0 Å². The number of anilines is 1. The van der Waals surface area contributed by atoms with Gasteiger partial charge in [0.25, 0.3) is 5.91 Å². The number of nitrogens with zero attached hydrogens (tertiary/aromatic N) is 1. The van der Waals surface area contributed by atoms with Crippen LogP contribution in [0.3, 0.4) is 0 Å². The number of ether oxygens (including phenoxy) is 1. The SMILES string of the molecule is CC1CN(c2ccc(C(C(=O)NO)c3ccccc3)cc2)CC(C)O1. The van der Waals surface area contributed by atoms with Crippen molar-refractivity contribution in [2.75, 3.05) is 18.0 Å². The molecule has 5 heteroatoms. The topological polar surface area (TPSA) is 61.8 Å². The van der Waals surface area contributed by atoms with Crippen molar-refractivity contribution < 1.29 is 14.7 Å². The average Bonchev–Trinajstić information content (AvgIpc) is 2.62. The van der Waals surface area contributed by atoms with Gasteiger partial charge < -0.3 is 9.64 Å². The number of carbonyl (C=O) groups is 1. The summed E-state index contributed by atoms with van der Waals surface area (Å²) in [6.45, 7) is 5.86. The molecule has 0 aliphatic carbocycles. The Hall–Kier alpha value is -2.37. The van der Waals surface area contributed by atoms with Crippen LogP contribution in [0.15, 0.2) is 54.6 Å². The molecule has 2 aromatic rings. The number of amides is 1. The zero-order chi connectivity index (χ0) is 17.8. The number of hydrogen-bond acceptors (Lipinski definition) is 4. The molecule has 0 aromatic heterocycles. The van der Waals surface area contributed by atoms with Gasteiger partial charge in [0, 0.05) is 18.8 Å². The van der Waals surface area contributed by atoms with Crippen LogP contribution in [0.4, 0.5) is 5.69 Å². The third-order valence-electron chi connectivity index (χ3n) is 4.52. The Kier molecular flexibility index (Phi) is 5.36. The van der Waals surface area contributed by atoms with Gasteiger partial charge in [-0.3, -0.25) is 10.0 Å². The van der Waals surface area contributed by atoms with Gasteiger partial charge in [0.2, 0.25) is 0 Å². The lowest BCUT2D eigenvalue weighted by molar-refractivity contribution is -0.129. The van der Waals surface area contributed by atoms with E-state index in [9.17, 15) is 4.79 Å². The molecule has 1 aliphatic rings. The molecule has 1 heterocycles. The van der Waals surface area contributed by atoms with Gasteiger partial charge >= 0.3 is 0 Å². The third kappa shape index (κ3) is 4.00. The first-order chi connectivity index (χ1) is 12.1. The number of rotatable bonds is 4. The van der Waals surface area contributed by atoms with Crippen molar-refractivity contribution in [3.63, 3.8) is 0 Å². The van der Waals surface area contributed by atoms with Crippen LogP contribution >= 0.6 is 0 Å². The lowest BCUT2D eigenvalue weighted by atomic mass is 9.90. The number of benzene rings is 2. The van der Waals surface area contributed by atoms with Gasteiger partial charge in [-0.25, -0.2) is 5.48 Å². The molecule has 5 nitrogen and oxygen atoms in total. The Morgan fingerprint density at radius 1 is 1.04 bits per heavy atom. The van der Waals surface area contributed by atoms with E-state index in [1.165, 1.54) is 0 Å². The third-order valence-corrected chi connectivity index (χ3v) is 4.52. The molecule has 1 saturated heterocycles. The molecule has 1 amide bonds. The molecule has 0 bridgehead atoms. The Morgan fingerprint density at radius 3 is 2.16 bits per heavy atom. The van der Waals surface area contributed by atoms with Crippen LogP contribution in [0.2, 0.25) is 0 Å². The summed E-state index contributed by atoms with van der Waals surface area (Å²) < 4.78 is 5.78. The molecule has 0 saturated carbocycles. The van der Waals surface area contributed by atoms with Crippen molar-refractivity contribution in [1.29, 1.82) is 0 Å². The maximum Gasteiger partial charge on any atom is 0.255 e. The van der Waals surface area contributed by atoms with Gasteiger partial charge in [-0.15, -0.1) is 0 Å². The molecule has 3 rings (SSSR count). The minimum Gasteiger partial charge on any atom is -0.372 e. The normalized spacial score (nSPS) is 21.6. The smallest absolute Gasteiger partial charge is 0.255 e. The van der Waals surface area contributed by atoms with Gasteiger partial charge in [-0.1, -0.05) is 42.5 Å². The summed E-state index contributed by atoms with van der Waals surface area (Å²) in [7, 11) is 0. The first-order valence-corrected chi connectivity index (χ1v) is 8.57. The van der Waals surface area contributed by atoms with E-state index in [1.54, 1.807) is 5.48 Å². The summed E-state index contributed by atoms with van der Waals surface area (Å²) in [4.78, 5) is 14.5. The number of hydroxylamine groups is 1. The molecule has 1 fully saturated rings. The number of nitrogens with one attached hydrogen (secondary N) is 1. The molecule has 0 spiro atoms. The molecule has 25 heavy (non-hydrogen) atoms. The summed E-state index contributed by atoms with van der Waals surface area (Å²) in [5.41, 5.74) is 4.59. The quantitative estimate of drug-likeness (QED) is 0.664. The Balaban J connectivity index is 1.85. The zero-order valence-corrected chi connectivity index (χ0v) is 14.6. The van der Waals surface area contributed by atoms with E-state index in [0.29, 0.717) is 0 Å².